The van der Waals surface area contributed by atoms with Crippen LogP contribution in [0.1, 0.15) is 24.8 Å². The van der Waals surface area contributed by atoms with Crippen LogP contribution in [0, 0.1) is 29.6 Å². The lowest BCUT2D eigenvalue weighted by Gasteiger charge is -2.13. The van der Waals surface area contributed by atoms with E-state index in [1.54, 1.807) is 0 Å². The van der Waals surface area contributed by atoms with E-state index in [0.717, 1.165) is 35.9 Å². The molecule has 0 saturated heterocycles. The van der Waals surface area contributed by atoms with Crippen LogP contribution < -0.4 is 5.32 Å². The molecular weight excluding hydrogens is 238 g/mol. The van der Waals surface area contributed by atoms with Gasteiger partial charge in [0.15, 0.2) is 0 Å². The molecule has 2 fully saturated rings. The molecule has 2 N–H and O–H groups in total. The molecule has 98 valence electrons. The van der Waals surface area contributed by atoms with E-state index in [2.05, 4.69) is 17.2 Å². The zero-order chi connectivity index (χ0) is 13.2. The highest BCUT2D eigenvalue weighted by Crippen LogP contribution is 2.54. The number of aliphatic hydroxyl groups excluding tert-OH is 1. The molecule has 1 aromatic rings. The zero-order valence-electron chi connectivity index (χ0n) is 10.7. The number of para-hydroxylation sites is 1. The van der Waals surface area contributed by atoms with Crippen molar-refractivity contribution in [3.05, 3.63) is 29.8 Å². The second-order valence-corrected chi connectivity index (χ2v) is 5.42. The summed E-state index contributed by atoms with van der Waals surface area (Å²) < 4.78 is 0. The smallest absolute Gasteiger partial charge is 0.227 e. The fourth-order valence-electron chi connectivity index (χ4n) is 3.00. The maximum absolute atomic E-state index is 12.2. The number of benzene rings is 1. The average Bonchev–Trinajstić information content (AvgIpc) is 3.04. The van der Waals surface area contributed by atoms with Crippen LogP contribution in [-0.2, 0) is 4.79 Å². The van der Waals surface area contributed by atoms with Gasteiger partial charge in [-0.2, -0.15) is 0 Å². The van der Waals surface area contributed by atoms with Crippen molar-refractivity contribution in [1.29, 1.82) is 0 Å². The van der Waals surface area contributed by atoms with E-state index in [9.17, 15) is 4.79 Å². The fraction of sp³-hybridized carbons (Fsp3) is 0.438. The highest BCUT2D eigenvalue weighted by atomic mass is 16.2. The fourth-order valence-corrected chi connectivity index (χ4v) is 3.00. The molecule has 3 nitrogen and oxygen atoms in total. The van der Waals surface area contributed by atoms with Gasteiger partial charge in [-0.1, -0.05) is 24.0 Å². The van der Waals surface area contributed by atoms with Crippen molar-refractivity contribution in [1.82, 2.24) is 0 Å². The number of rotatable bonds is 2. The monoisotopic (exact) mass is 255 g/mol. The number of hydrogen-bond donors (Lipinski definition) is 2. The van der Waals surface area contributed by atoms with Crippen LogP contribution in [0.5, 0.6) is 0 Å². The molecular formula is C16H17NO2. The Labute approximate surface area is 113 Å². The largest absolute Gasteiger partial charge is 0.384 e. The molecule has 2 aliphatic rings. The summed E-state index contributed by atoms with van der Waals surface area (Å²) >= 11 is 0. The number of nitrogens with one attached hydrogen (secondary N) is 1. The molecule has 2 unspecified atom stereocenters. The molecule has 0 bridgehead atoms. The summed E-state index contributed by atoms with van der Waals surface area (Å²) in [6, 6.07) is 7.47. The molecule has 2 saturated carbocycles. The molecule has 3 heteroatoms. The maximum atomic E-state index is 12.2. The number of hydrogen-bond acceptors (Lipinski definition) is 2. The van der Waals surface area contributed by atoms with Gasteiger partial charge >= 0.3 is 0 Å². The van der Waals surface area contributed by atoms with E-state index < -0.39 is 0 Å². The average molecular weight is 255 g/mol. The summed E-state index contributed by atoms with van der Waals surface area (Å²) in [5.74, 6) is 7.37. The summed E-state index contributed by atoms with van der Waals surface area (Å²) in [7, 11) is 0. The van der Waals surface area contributed by atoms with Crippen molar-refractivity contribution in [2.45, 2.75) is 19.3 Å². The van der Waals surface area contributed by atoms with Crippen molar-refractivity contribution < 1.29 is 9.90 Å². The lowest BCUT2D eigenvalue weighted by Crippen LogP contribution is -2.22. The first-order chi connectivity index (χ1) is 9.28. The second-order valence-electron chi connectivity index (χ2n) is 5.42. The molecule has 19 heavy (non-hydrogen) atoms. The standard InChI is InChI=1S/C16H17NO2/c18-7-3-5-11-4-1-2-6-15(11)17-16(19)14-9-12-8-13(12)10-14/h1-2,4,6,12-14,18H,7-10H2,(H,17,19). The van der Waals surface area contributed by atoms with Crippen LogP contribution >= 0.6 is 0 Å². The van der Waals surface area contributed by atoms with E-state index in [0.29, 0.717) is 0 Å². The third-order valence-corrected chi connectivity index (χ3v) is 4.10. The predicted molar refractivity (Wildman–Crippen MR) is 73.4 cm³/mol. The maximum Gasteiger partial charge on any atom is 0.227 e. The van der Waals surface area contributed by atoms with Crippen molar-refractivity contribution >= 4 is 11.6 Å². The van der Waals surface area contributed by atoms with Crippen LogP contribution in [0.3, 0.4) is 0 Å². The molecule has 2 aliphatic carbocycles. The number of carbonyl (C=O) groups excluding carboxylic acids is 1. The summed E-state index contributed by atoms with van der Waals surface area (Å²) in [5, 5.41) is 11.7. The highest BCUT2D eigenvalue weighted by molar-refractivity contribution is 5.94. The molecule has 0 heterocycles. The first-order valence-electron chi connectivity index (χ1n) is 6.77. The number of carbonyl (C=O) groups is 1. The Morgan fingerprint density at radius 1 is 1.26 bits per heavy atom. The van der Waals surface area contributed by atoms with Crippen LogP contribution in [0.4, 0.5) is 5.69 Å². The quantitative estimate of drug-likeness (QED) is 0.794. The minimum Gasteiger partial charge on any atom is -0.384 e. The van der Waals surface area contributed by atoms with Crippen LogP contribution in [0.15, 0.2) is 24.3 Å². The first-order valence-corrected chi connectivity index (χ1v) is 6.77. The molecule has 0 radical (unpaired) electrons. The van der Waals surface area contributed by atoms with Gasteiger partial charge in [-0.3, -0.25) is 4.79 Å². The van der Waals surface area contributed by atoms with E-state index in [-0.39, 0.29) is 18.4 Å². The Morgan fingerprint density at radius 2 is 2.00 bits per heavy atom. The molecule has 1 amide bonds. The SMILES string of the molecule is O=C(Nc1ccccc1C#CCO)C1CC2CC2C1. The van der Waals surface area contributed by atoms with Crippen LogP contribution in [0.25, 0.3) is 0 Å². The summed E-state index contributed by atoms with van der Waals surface area (Å²) in [6.07, 6.45) is 3.41. The first kappa shape index (κ1) is 12.3. The Bertz CT molecular complexity index is 545. The summed E-state index contributed by atoms with van der Waals surface area (Å²) in [6.45, 7) is -0.172. The van der Waals surface area contributed by atoms with Gasteiger partial charge in [0, 0.05) is 11.5 Å². The zero-order valence-corrected chi connectivity index (χ0v) is 10.7. The van der Waals surface area contributed by atoms with Gasteiger partial charge < -0.3 is 10.4 Å². The Balaban J connectivity index is 1.70. The predicted octanol–water partition coefficient (Wildman–Crippen LogP) is 2.01. The molecule has 0 aromatic heterocycles. The third-order valence-electron chi connectivity index (χ3n) is 4.10. The molecule has 1 aromatic carbocycles. The lowest BCUT2D eigenvalue weighted by atomic mass is 10.0. The van der Waals surface area contributed by atoms with Crippen molar-refractivity contribution in [3.63, 3.8) is 0 Å². The van der Waals surface area contributed by atoms with Crippen LogP contribution in [0.2, 0.25) is 0 Å². The number of fused-ring (bicyclic) bond motifs is 1. The van der Waals surface area contributed by atoms with Gasteiger partial charge in [0.25, 0.3) is 0 Å². The van der Waals surface area contributed by atoms with Gasteiger partial charge in [0.2, 0.25) is 5.91 Å². The topological polar surface area (TPSA) is 49.3 Å². The molecule has 3 rings (SSSR count). The number of aliphatic hydroxyl groups is 1. The lowest BCUT2D eigenvalue weighted by molar-refractivity contribution is -0.120. The molecule has 2 atom stereocenters. The van der Waals surface area contributed by atoms with Gasteiger partial charge in [-0.15, -0.1) is 0 Å². The van der Waals surface area contributed by atoms with Gasteiger partial charge in [-0.25, -0.2) is 0 Å². The van der Waals surface area contributed by atoms with Gasteiger partial charge in [-0.05, 0) is 43.2 Å². The van der Waals surface area contributed by atoms with E-state index >= 15 is 0 Å². The van der Waals surface area contributed by atoms with E-state index in [1.807, 2.05) is 24.3 Å². The van der Waals surface area contributed by atoms with Crippen LogP contribution in [-0.4, -0.2) is 17.6 Å². The second kappa shape index (κ2) is 5.07. The third kappa shape index (κ3) is 2.64. The highest BCUT2D eigenvalue weighted by Gasteiger charge is 2.47. The Morgan fingerprint density at radius 3 is 2.74 bits per heavy atom. The normalized spacial score (nSPS) is 27.1. The van der Waals surface area contributed by atoms with Crippen molar-refractivity contribution in [2.24, 2.45) is 17.8 Å². The van der Waals surface area contributed by atoms with Crippen molar-refractivity contribution in [3.8, 4) is 11.8 Å². The Hall–Kier alpha value is -1.79. The Kier molecular flexibility index (Phi) is 3.27. The van der Waals surface area contributed by atoms with Gasteiger partial charge in [0.05, 0.1) is 5.69 Å². The number of anilines is 1. The van der Waals surface area contributed by atoms with E-state index in [1.165, 1.54) is 6.42 Å². The minimum atomic E-state index is -0.172. The molecule has 0 aliphatic heterocycles. The summed E-state index contributed by atoms with van der Waals surface area (Å²) in [4.78, 5) is 12.2. The van der Waals surface area contributed by atoms with Gasteiger partial charge in [0.1, 0.15) is 6.61 Å². The minimum absolute atomic E-state index is 0.116. The van der Waals surface area contributed by atoms with Crippen molar-refractivity contribution in [2.75, 3.05) is 11.9 Å². The number of amides is 1. The molecule has 0 spiro atoms. The summed E-state index contributed by atoms with van der Waals surface area (Å²) in [5.41, 5.74) is 1.50. The van der Waals surface area contributed by atoms with E-state index in [4.69, 9.17) is 5.11 Å².